The van der Waals surface area contributed by atoms with Gasteiger partial charge in [-0.1, -0.05) is 6.92 Å². The van der Waals surface area contributed by atoms with E-state index in [4.69, 9.17) is 0 Å². The van der Waals surface area contributed by atoms with Crippen molar-refractivity contribution in [1.82, 2.24) is 0 Å². The summed E-state index contributed by atoms with van der Waals surface area (Å²) in [7, 11) is -2.20. The summed E-state index contributed by atoms with van der Waals surface area (Å²) in [5, 5.41) is 0. The van der Waals surface area contributed by atoms with Gasteiger partial charge in [-0.3, -0.25) is 0 Å². The highest BCUT2D eigenvalue weighted by Gasteiger charge is 2.41. The predicted octanol–water partition coefficient (Wildman–Crippen LogP) is 0.992. The van der Waals surface area contributed by atoms with Crippen LogP contribution >= 0.6 is 0 Å². The summed E-state index contributed by atoms with van der Waals surface area (Å²) < 4.78 is 23.6. The van der Waals surface area contributed by atoms with Crippen LogP contribution in [0.25, 0.3) is 0 Å². The molecule has 0 aromatic rings. The SMILES string of the molecule is CCC1(N=S(=O)=O)CC1. The van der Waals surface area contributed by atoms with Crippen LogP contribution in [0.2, 0.25) is 0 Å². The van der Waals surface area contributed by atoms with Crippen LogP contribution in [0.4, 0.5) is 0 Å². The summed E-state index contributed by atoms with van der Waals surface area (Å²) in [5.41, 5.74) is -0.174. The number of nitrogens with zero attached hydrogens (tertiary/aromatic N) is 1. The monoisotopic (exact) mass is 147 g/mol. The molecule has 52 valence electrons. The Hall–Kier alpha value is -0.380. The average molecular weight is 147 g/mol. The molecule has 0 aromatic carbocycles. The lowest BCUT2D eigenvalue weighted by Gasteiger charge is -1.97. The van der Waals surface area contributed by atoms with Crippen molar-refractivity contribution in [3.05, 3.63) is 0 Å². The number of rotatable bonds is 2. The summed E-state index contributed by atoms with van der Waals surface area (Å²) >= 11 is 0. The van der Waals surface area contributed by atoms with Crippen LogP contribution < -0.4 is 0 Å². The third-order valence-electron chi connectivity index (χ3n) is 1.75. The fraction of sp³-hybridized carbons (Fsp3) is 1.00. The third kappa shape index (κ3) is 1.51. The normalized spacial score (nSPS) is 21.0. The highest BCUT2D eigenvalue weighted by Crippen LogP contribution is 2.42. The van der Waals surface area contributed by atoms with E-state index in [0.29, 0.717) is 0 Å². The molecule has 0 radical (unpaired) electrons. The standard InChI is InChI=1S/C5H9NO2S/c1-2-5(3-4-5)6-9(7)8/h2-4H2,1H3. The Balaban J connectivity index is 2.74. The first-order chi connectivity index (χ1) is 4.18. The Morgan fingerprint density at radius 2 is 2.11 bits per heavy atom. The molecule has 3 nitrogen and oxygen atoms in total. The topological polar surface area (TPSA) is 46.5 Å². The summed E-state index contributed by atoms with van der Waals surface area (Å²) in [4.78, 5) is 0. The van der Waals surface area contributed by atoms with E-state index in [-0.39, 0.29) is 5.54 Å². The van der Waals surface area contributed by atoms with Gasteiger partial charge in [0.05, 0.1) is 5.54 Å². The zero-order valence-corrected chi connectivity index (χ0v) is 6.11. The maximum absolute atomic E-state index is 10.0. The molecule has 0 amide bonds. The van der Waals surface area contributed by atoms with Crippen molar-refractivity contribution in [2.75, 3.05) is 0 Å². The molecule has 1 fully saturated rings. The van der Waals surface area contributed by atoms with Crippen molar-refractivity contribution in [2.45, 2.75) is 31.7 Å². The van der Waals surface area contributed by atoms with Crippen LogP contribution in [0, 0.1) is 0 Å². The highest BCUT2D eigenvalue weighted by molar-refractivity contribution is 7.61. The van der Waals surface area contributed by atoms with Crippen LogP contribution in [0.5, 0.6) is 0 Å². The van der Waals surface area contributed by atoms with Gasteiger partial charge in [0.2, 0.25) is 0 Å². The van der Waals surface area contributed by atoms with E-state index in [0.717, 1.165) is 19.3 Å². The molecule has 4 heteroatoms. The molecule has 0 saturated heterocycles. The molecular formula is C5H9NO2S. The molecule has 0 heterocycles. The molecule has 0 aliphatic heterocycles. The molecule has 0 spiro atoms. The molecule has 1 aliphatic carbocycles. The zero-order valence-electron chi connectivity index (χ0n) is 5.29. The van der Waals surface area contributed by atoms with Crippen LogP contribution in [0.3, 0.4) is 0 Å². The summed E-state index contributed by atoms with van der Waals surface area (Å²) in [6.45, 7) is 1.96. The fourth-order valence-corrected chi connectivity index (χ4v) is 1.44. The predicted molar refractivity (Wildman–Crippen MR) is 33.6 cm³/mol. The molecule has 0 bridgehead atoms. The minimum atomic E-state index is -2.20. The van der Waals surface area contributed by atoms with Crippen LogP contribution in [0.1, 0.15) is 26.2 Å². The van der Waals surface area contributed by atoms with Crippen LogP contribution in [-0.4, -0.2) is 14.0 Å². The van der Waals surface area contributed by atoms with Crippen molar-refractivity contribution in [3.8, 4) is 0 Å². The molecule has 0 aromatic heterocycles. The van der Waals surface area contributed by atoms with Crippen molar-refractivity contribution in [1.29, 1.82) is 0 Å². The molecule has 0 atom stereocenters. The Bertz CT molecular complexity index is 217. The first-order valence-electron chi connectivity index (χ1n) is 3.01. The van der Waals surface area contributed by atoms with Gasteiger partial charge < -0.3 is 0 Å². The lowest BCUT2D eigenvalue weighted by Crippen LogP contribution is -1.99. The second-order valence-corrected chi connectivity index (χ2v) is 3.00. The molecular weight excluding hydrogens is 138 g/mol. The fourth-order valence-electron chi connectivity index (χ4n) is 0.812. The Morgan fingerprint density at radius 3 is 2.22 bits per heavy atom. The molecule has 9 heavy (non-hydrogen) atoms. The van der Waals surface area contributed by atoms with E-state index >= 15 is 0 Å². The van der Waals surface area contributed by atoms with Gasteiger partial charge in [-0.25, -0.2) is 0 Å². The van der Waals surface area contributed by atoms with E-state index in [1.807, 2.05) is 6.92 Å². The van der Waals surface area contributed by atoms with Gasteiger partial charge >= 0.3 is 10.5 Å². The van der Waals surface area contributed by atoms with E-state index in [9.17, 15) is 8.42 Å². The second-order valence-electron chi connectivity index (χ2n) is 2.39. The largest absolute Gasteiger partial charge is 0.311 e. The number of hydrogen-bond donors (Lipinski definition) is 0. The van der Waals surface area contributed by atoms with Crippen LogP contribution in [-0.2, 0) is 10.5 Å². The van der Waals surface area contributed by atoms with E-state index in [1.54, 1.807) is 0 Å². The molecule has 1 saturated carbocycles. The molecule has 0 N–H and O–H groups in total. The van der Waals surface area contributed by atoms with Crippen molar-refractivity contribution in [2.24, 2.45) is 4.36 Å². The van der Waals surface area contributed by atoms with Gasteiger partial charge in [-0.2, -0.15) is 12.8 Å². The highest BCUT2D eigenvalue weighted by atomic mass is 32.2. The quantitative estimate of drug-likeness (QED) is 0.584. The molecule has 1 rings (SSSR count). The van der Waals surface area contributed by atoms with Gasteiger partial charge in [0.1, 0.15) is 0 Å². The van der Waals surface area contributed by atoms with Gasteiger partial charge in [0.15, 0.2) is 0 Å². The summed E-state index contributed by atoms with van der Waals surface area (Å²) in [6, 6.07) is 0. The van der Waals surface area contributed by atoms with Gasteiger partial charge in [0.25, 0.3) is 0 Å². The van der Waals surface area contributed by atoms with Crippen molar-refractivity contribution >= 4 is 10.5 Å². The lowest BCUT2D eigenvalue weighted by atomic mass is 10.2. The van der Waals surface area contributed by atoms with E-state index in [1.165, 1.54) is 0 Å². The van der Waals surface area contributed by atoms with Crippen molar-refractivity contribution < 1.29 is 8.42 Å². The average Bonchev–Trinajstić information content (AvgIpc) is 2.48. The summed E-state index contributed by atoms with van der Waals surface area (Å²) in [5.74, 6) is 0. The molecule has 1 aliphatic rings. The molecule has 0 unspecified atom stereocenters. The third-order valence-corrected chi connectivity index (χ3v) is 2.29. The second kappa shape index (κ2) is 2.10. The van der Waals surface area contributed by atoms with E-state index in [2.05, 4.69) is 4.36 Å². The first-order valence-corrected chi connectivity index (χ1v) is 4.04. The smallest absolute Gasteiger partial charge is 0.165 e. The van der Waals surface area contributed by atoms with Gasteiger partial charge in [0, 0.05) is 0 Å². The van der Waals surface area contributed by atoms with Gasteiger partial charge in [-0.15, -0.1) is 0 Å². The Morgan fingerprint density at radius 1 is 1.56 bits per heavy atom. The maximum atomic E-state index is 10.0. The lowest BCUT2D eigenvalue weighted by molar-refractivity contribution is 0.601. The Kier molecular flexibility index (Phi) is 1.57. The zero-order chi connectivity index (χ0) is 6.91. The maximum Gasteiger partial charge on any atom is 0.311 e. The minimum absolute atomic E-state index is 0.174. The Labute approximate surface area is 55.8 Å². The minimum Gasteiger partial charge on any atom is -0.165 e. The van der Waals surface area contributed by atoms with Crippen molar-refractivity contribution in [3.63, 3.8) is 0 Å². The first kappa shape index (κ1) is 6.74. The summed E-state index contributed by atoms with van der Waals surface area (Å²) in [6.07, 6.45) is 2.73. The van der Waals surface area contributed by atoms with Crippen LogP contribution in [0.15, 0.2) is 4.36 Å². The number of hydrogen-bond acceptors (Lipinski definition) is 3. The van der Waals surface area contributed by atoms with E-state index < -0.39 is 10.5 Å². The van der Waals surface area contributed by atoms with Gasteiger partial charge in [-0.05, 0) is 19.3 Å².